The molecule has 2 heterocycles. The summed E-state index contributed by atoms with van der Waals surface area (Å²) >= 11 is 4.90. The molecule has 6 heteroatoms. The standard InChI is InChI=1S/C23H23BrN2O2S/c1-23(2,12-26(3)4)14-7-5-13(6-8-14)18-17(27)11-16(24)20-19(18)15-9-10-29-21(15)22(28)25-20/h5-11,27H,12H2,1-4H3,(H,25,28). The molecule has 0 amide bonds. The highest BCUT2D eigenvalue weighted by atomic mass is 79.9. The molecule has 4 nitrogen and oxygen atoms in total. The molecular formula is C23H23BrN2O2S. The van der Waals surface area contributed by atoms with Gasteiger partial charge in [0.2, 0.25) is 0 Å². The Balaban J connectivity index is 1.95. The zero-order valence-corrected chi connectivity index (χ0v) is 19.2. The molecule has 0 aliphatic rings. The predicted octanol–water partition coefficient (Wildman–Crippen LogP) is 5.72. The van der Waals surface area contributed by atoms with Gasteiger partial charge in [0.15, 0.2) is 0 Å². The number of H-pyrrole nitrogens is 1. The van der Waals surface area contributed by atoms with Gasteiger partial charge in [0.25, 0.3) is 5.56 Å². The molecule has 0 fully saturated rings. The summed E-state index contributed by atoms with van der Waals surface area (Å²) in [7, 11) is 4.16. The maximum Gasteiger partial charge on any atom is 0.266 e. The van der Waals surface area contributed by atoms with Crippen LogP contribution in [0.2, 0.25) is 0 Å². The van der Waals surface area contributed by atoms with Crippen LogP contribution in [0.1, 0.15) is 19.4 Å². The van der Waals surface area contributed by atoms with E-state index in [2.05, 4.69) is 78.0 Å². The lowest BCUT2D eigenvalue weighted by Gasteiger charge is -2.29. The molecule has 2 aromatic carbocycles. The lowest BCUT2D eigenvalue weighted by molar-refractivity contribution is 0.315. The first-order valence-electron chi connectivity index (χ1n) is 9.39. The normalized spacial score (nSPS) is 12.3. The van der Waals surface area contributed by atoms with Gasteiger partial charge in [-0.15, -0.1) is 11.3 Å². The number of aromatic nitrogens is 1. The number of aromatic hydroxyl groups is 1. The number of fused-ring (bicyclic) bond motifs is 3. The van der Waals surface area contributed by atoms with E-state index in [0.29, 0.717) is 14.7 Å². The minimum atomic E-state index is -0.111. The Morgan fingerprint density at radius 3 is 2.52 bits per heavy atom. The molecule has 0 saturated carbocycles. The lowest BCUT2D eigenvalue weighted by atomic mass is 9.83. The fourth-order valence-corrected chi connectivity index (χ4v) is 5.45. The molecule has 0 spiro atoms. The van der Waals surface area contributed by atoms with Crippen molar-refractivity contribution in [2.24, 2.45) is 0 Å². The van der Waals surface area contributed by atoms with Crippen LogP contribution in [-0.4, -0.2) is 35.6 Å². The summed E-state index contributed by atoms with van der Waals surface area (Å²) in [5.41, 5.74) is 3.50. The topological polar surface area (TPSA) is 56.3 Å². The monoisotopic (exact) mass is 470 g/mol. The van der Waals surface area contributed by atoms with Crippen LogP contribution in [-0.2, 0) is 5.41 Å². The highest BCUT2D eigenvalue weighted by Gasteiger charge is 2.22. The number of pyridine rings is 1. The molecular weight excluding hydrogens is 448 g/mol. The van der Waals surface area contributed by atoms with Crippen molar-refractivity contribution < 1.29 is 5.11 Å². The number of phenolic OH excluding ortho intramolecular Hbond substituents is 1. The van der Waals surface area contributed by atoms with E-state index in [4.69, 9.17) is 0 Å². The van der Waals surface area contributed by atoms with E-state index < -0.39 is 0 Å². The summed E-state index contributed by atoms with van der Waals surface area (Å²) < 4.78 is 1.34. The second-order valence-corrected chi connectivity index (χ2v) is 10.1. The highest BCUT2D eigenvalue weighted by Crippen LogP contribution is 2.43. The Kier molecular flexibility index (Phi) is 5.05. The Hall–Kier alpha value is -2.15. The fraction of sp³-hybridized carbons (Fsp3) is 0.261. The predicted molar refractivity (Wildman–Crippen MR) is 126 cm³/mol. The van der Waals surface area contributed by atoms with Crippen LogP contribution in [0.4, 0.5) is 0 Å². The van der Waals surface area contributed by atoms with E-state index >= 15 is 0 Å². The summed E-state index contributed by atoms with van der Waals surface area (Å²) in [6.45, 7) is 5.40. The molecule has 2 aromatic heterocycles. The van der Waals surface area contributed by atoms with Crippen molar-refractivity contribution >= 4 is 48.3 Å². The van der Waals surface area contributed by atoms with Crippen molar-refractivity contribution in [3.05, 3.63) is 62.2 Å². The molecule has 4 rings (SSSR count). The van der Waals surface area contributed by atoms with Crippen molar-refractivity contribution in [1.29, 1.82) is 0 Å². The Labute approximate surface area is 181 Å². The lowest BCUT2D eigenvalue weighted by Crippen LogP contribution is -2.32. The van der Waals surface area contributed by atoms with Gasteiger partial charge >= 0.3 is 0 Å². The number of benzene rings is 2. The summed E-state index contributed by atoms with van der Waals surface area (Å²) in [4.78, 5) is 17.6. The highest BCUT2D eigenvalue weighted by molar-refractivity contribution is 9.10. The number of halogens is 1. The van der Waals surface area contributed by atoms with Gasteiger partial charge in [-0.1, -0.05) is 38.1 Å². The third-order valence-electron chi connectivity index (χ3n) is 5.30. The molecule has 0 radical (unpaired) electrons. The second kappa shape index (κ2) is 7.27. The maximum atomic E-state index is 12.4. The number of thiophene rings is 1. The molecule has 0 unspecified atom stereocenters. The van der Waals surface area contributed by atoms with E-state index in [0.717, 1.165) is 28.4 Å². The van der Waals surface area contributed by atoms with Crippen LogP contribution in [0, 0.1) is 0 Å². The molecule has 0 saturated heterocycles. The number of hydrogen-bond donors (Lipinski definition) is 2. The first-order valence-corrected chi connectivity index (χ1v) is 11.1. The molecule has 0 bridgehead atoms. The van der Waals surface area contributed by atoms with Gasteiger partial charge < -0.3 is 15.0 Å². The van der Waals surface area contributed by atoms with Gasteiger partial charge in [-0.3, -0.25) is 4.79 Å². The van der Waals surface area contributed by atoms with Crippen LogP contribution in [0.5, 0.6) is 5.75 Å². The number of likely N-dealkylation sites (N-methyl/N-ethyl adjacent to an activating group) is 1. The first kappa shape index (κ1) is 20.1. The van der Waals surface area contributed by atoms with Crippen LogP contribution in [0.25, 0.3) is 32.1 Å². The number of hydrogen-bond acceptors (Lipinski definition) is 4. The summed E-state index contributed by atoms with van der Waals surface area (Å²) in [5, 5.41) is 14.5. The minimum Gasteiger partial charge on any atom is -0.507 e. The largest absolute Gasteiger partial charge is 0.507 e. The molecule has 0 aliphatic heterocycles. The molecule has 0 atom stereocenters. The maximum absolute atomic E-state index is 12.4. The second-order valence-electron chi connectivity index (χ2n) is 8.32. The van der Waals surface area contributed by atoms with Crippen LogP contribution >= 0.6 is 27.3 Å². The summed E-state index contributed by atoms with van der Waals surface area (Å²) in [5.74, 6) is 0.184. The van der Waals surface area contributed by atoms with Crippen LogP contribution < -0.4 is 5.56 Å². The summed E-state index contributed by atoms with van der Waals surface area (Å²) in [6, 6.07) is 12.0. The van der Waals surface area contributed by atoms with Crippen molar-refractivity contribution in [2.45, 2.75) is 19.3 Å². The van der Waals surface area contributed by atoms with Gasteiger partial charge in [0.05, 0.1) is 5.52 Å². The van der Waals surface area contributed by atoms with Gasteiger partial charge in [0.1, 0.15) is 10.4 Å². The van der Waals surface area contributed by atoms with Crippen molar-refractivity contribution in [3.8, 4) is 16.9 Å². The van der Waals surface area contributed by atoms with Crippen molar-refractivity contribution in [3.63, 3.8) is 0 Å². The van der Waals surface area contributed by atoms with Crippen LogP contribution in [0.15, 0.2) is 51.0 Å². The van der Waals surface area contributed by atoms with E-state index in [9.17, 15) is 9.90 Å². The number of aromatic amines is 1. The van der Waals surface area contributed by atoms with E-state index in [-0.39, 0.29) is 16.7 Å². The molecule has 2 N–H and O–H groups in total. The number of nitrogens with zero attached hydrogens (tertiary/aromatic N) is 1. The molecule has 29 heavy (non-hydrogen) atoms. The molecule has 4 aromatic rings. The Bertz CT molecular complexity index is 1270. The molecule has 150 valence electrons. The Morgan fingerprint density at radius 1 is 1.17 bits per heavy atom. The smallest absolute Gasteiger partial charge is 0.266 e. The van der Waals surface area contributed by atoms with Crippen molar-refractivity contribution in [1.82, 2.24) is 9.88 Å². The van der Waals surface area contributed by atoms with Gasteiger partial charge in [-0.05, 0) is 58.7 Å². The van der Waals surface area contributed by atoms with Crippen molar-refractivity contribution in [2.75, 3.05) is 20.6 Å². The van der Waals surface area contributed by atoms with E-state index in [1.54, 1.807) is 6.07 Å². The quantitative estimate of drug-likeness (QED) is 0.401. The van der Waals surface area contributed by atoms with Gasteiger partial charge in [-0.2, -0.15) is 0 Å². The van der Waals surface area contributed by atoms with E-state index in [1.165, 1.54) is 16.9 Å². The zero-order valence-electron chi connectivity index (χ0n) is 16.8. The van der Waals surface area contributed by atoms with Crippen LogP contribution in [0.3, 0.4) is 0 Å². The molecule has 0 aliphatic carbocycles. The average molecular weight is 471 g/mol. The minimum absolute atomic E-state index is 0.0116. The Morgan fingerprint density at radius 2 is 1.86 bits per heavy atom. The fourth-order valence-electron chi connectivity index (χ4n) is 4.14. The third-order valence-corrected chi connectivity index (χ3v) is 6.84. The van der Waals surface area contributed by atoms with E-state index in [1.807, 2.05) is 11.4 Å². The third kappa shape index (κ3) is 3.50. The summed E-state index contributed by atoms with van der Waals surface area (Å²) in [6.07, 6.45) is 0. The number of phenols is 1. The average Bonchev–Trinajstić information content (AvgIpc) is 3.13. The SMILES string of the molecule is CN(C)CC(C)(C)c1ccc(-c2c(O)cc(Br)c3[nH]c(=O)c4sccc4c23)cc1. The zero-order chi connectivity index (χ0) is 20.9. The number of rotatable bonds is 4. The van der Waals surface area contributed by atoms with Gasteiger partial charge in [-0.25, -0.2) is 0 Å². The van der Waals surface area contributed by atoms with Gasteiger partial charge in [0, 0.05) is 32.8 Å². The first-order chi connectivity index (χ1) is 13.7. The number of nitrogens with one attached hydrogen (secondary N) is 1.